The van der Waals surface area contributed by atoms with Crippen LogP contribution in [-0.2, 0) is 6.42 Å². The van der Waals surface area contributed by atoms with Crippen LogP contribution in [0, 0.1) is 13.8 Å². The van der Waals surface area contributed by atoms with Gasteiger partial charge in [-0.15, -0.1) is 0 Å². The SMILES string of the molecule is Cc1cccc(C)c1C/C=C/CCBr. The average Bonchev–Trinajstić information content (AvgIpc) is 2.16. The maximum absolute atomic E-state index is 3.41. The number of hydrogen-bond donors (Lipinski definition) is 0. The smallest absolute Gasteiger partial charge is 0.00659 e. The summed E-state index contributed by atoms with van der Waals surface area (Å²) in [4.78, 5) is 0. The molecule has 1 rings (SSSR count). The molecule has 0 nitrogen and oxygen atoms in total. The van der Waals surface area contributed by atoms with E-state index in [0.717, 1.165) is 18.2 Å². The first-order chi connectivity index (χ1) is 6.75. The fourth-order valence-electron chi connectivity index (χ4n) is 1.55. The largest absolute Gasteiger partial charge is 0.0925 e. The minimum absolute atomic E-state index is 1.05. The Hall–Kier alpha value is -0.560. The van der Waals surface area contributed by atoms with Crippen LogP contribution in [-0.4, -0.2) is 5.33 Å². The molecule has 0 spiro atoms. The third kappa shape index (κ3) is 3.30. The lowest BCUT2D eigenvalue weighted by Crippen LogP contribution is -1.90. The number of allylic oxidation sites excluding steroid dienone is 2. The van der Waals surface area contributed by atoms with Gasteiger partial charge in [-0.25, -0.2) is 0 Å². The van der Waals surface area contributed by atoms with Crippen molar-refractivity contribution in [2.75, 3.05) is 5.33 Å². The quantitative estimate of drug-likeness (QED) is 0.557. The van der Waals surface area contributed by atoms with E-state index in [0.29, 0.717) is 0 Å². The predicted octanol–water partition coefficient (Wildman–Crippen LogP) is 4.19. The Labute approximate surface area is 95.2 Å². The van der Waals surface area contributed by atoms with Crippen LogP contribution in [0.15, 0.2) is 30.4 Å². The zero-order valence-electron chi connectivity index (χ0n) is 8.89. The van der Waals surface area contributed by atoms with Crippen molar-refractivity contribution in [3.8, 4) is 0 Å². The first-order valence-electron chi connectivity index (χ1n) is 5.01. The number of hydrogen-bond acceptors (Lipinski definition) is 0. The molecule has 0 saturated heterocycles. The van der Waals surface area contributed by atoms with Gasteiger partial charge < -0.3 is 0 Å². The van der Waals surface area contributed by atoms with E-state index in [1.54, 1.807) is 0 Å². The summed E-state index contributed by atoms with van der Waals surface area (Å²) in [6.45, 7) is 4.36. The van der Waals surface area contributed by atoms with E-state index in [4.69, 9.17) is 0 Å². The highest BCUT2D eigenvalue weighted by Crippen LogP contribution is 2.14. The molecule has 0 aromatic heterocycles. The second-order valence-electron chi connectivity index (χ2n) is 3.52. The van der Waals surface area contributed by atoms with Gasteiger partial charge in [0.25, 0.3) is 0 Å². The molecular weight excluding hydrogens is 236 g/mol. The molecule has 0 atom stereocenters. The molecule has 1 heteroatoms. The minimum atomic E-state index is 1.05. The molecule has 0 heterocycles. The molecule has 0 radical (unpaired) electrons. The normalized spacial score (nSPS) is 11.1. The molecule has 0 fully saturated rings. The van der Waals surface area contributed by atoms with E-state index in [2.05, 4.69) is 60.1 Å². The fourth-order valence-corrected chi connectivity index (χ4v) is 1.82. The Morgan fingerprint density at radius 2 is 1.79 bits per heavy atom. The molecule has 0 amide bonds. The monoisotopic (exact) mass is 252 g/mol. The maximum atomic E-state index is 3.41. The summed E-state index contributed by atoms with van der Waals surface area (Å²) in [6, 6.07) is 6.48. The lowest BCUT2D eigenvalue weighted by Gasteiger charge is -2.06. The number of benzene rings is 1. The third-order valence-corrected chi connectivity index (χ3v) is 2.87. The van der Waals surface area contributed by atoms with E-state index >= 15 is 0 Å². The Balaban J connectivity index is 2.66. The molecule has 1 aromatic rings. The summed E-state index contributed by atoms with van der Waals surface area (Å²) in [6.07, 6.45) is 6.67. The minimum Gasteiger partial charge on any atom is -0.0925 e. The molecule has 0 N–H and O–H groups in total. The molecule has 14 heavy (non-hydrogen) atoms. The van der Waals surface area contributed by atoms with Crippen LogP contribution < -0.4 is 0 Å². The van der Waals surface area contributed by atoms with Crippen LogP contribution in [0.1, 0.15) is 23.1 Å². The van der Waals surface area contributed by atoms with Crippen LogP contribution >= 0.6 is 15.9 Å². The summed E-state index contributed by atoms with van der Waals surface area (Å²) in [5.41, 5.74) is 4.26. The van der Waals surface area contributed by atoms with E-state index < -0.39 is 0 Å². The highest BCUT2D eigenvalue weighted by atomic mass is 79.9. The highest BCUT2D eigenvalue weighted by Gasteiger charge is 1.98. The van der Waals surface area contributed by atoms with Crippen molar-refractivity contribution >= 4 is 15.9 Å². The van der Waals surface area contributed by atoms with Crippen LogP contribution in [0.5, 0.6) is 0 Å². The van der Waals surface area contributed by atoms with Crippen molar-refractivity contribution in [2.24, 2.45) is 0 Å². The number of rotatable bonds is 4. The Morgan fingerprint density at radius 3 is 2.36 bits per heavy atom. The van der Waals surface area contributed by atoms with E-state index in [9.17, 15) is 0 Å². The zero-order chi connectivity index (χ0) is 10.4. The van der Waals surface area contributed by atoms with Crippen LogP contribution in [0.3, 0.4) is 0 Å². The number of aryl methyl sites for hydroxylation is 2. The molecule has 0 saturated carbocycles. The fraction of sp³-hybridized carbons (Fsp3) is 0.385. The Morgan fingerprint density at radius 1 is 1.14 bits per heavy atom. The maximum Gasteiger partial charge on any atom is 0.00659 e. The van der Waals surface area contributed by atoms with Gasteiger partial charge in [0.15, 0.2) is 0 Å². The third-order valence-electron chi connectivity index (χ3n) is 2.41. The van der Waals surface area contributed by atoms with Gasteiger partial charge in [0.1, 0.15) is 0 Å². The van der Waals surface area contributed by atoms with Crippen molar-refractivity contribution in [2.45, 2.75) is 26.7 Å². The van der Waals surface area contributed by atoms with Gasteiger partial charge in [-0.3, -0.25) is 0 Å². The van der Waals surface area contributed by atoms with Crippen LogP contribution in [0.2, 0.25) is 0 Å². The van der Waals surface area contributed by atoms with Crippen LogP contribution in [0.4, 0.5) is 0 Å². The summed E-state index contributed by atoms with van der Waals surface area (Å²) in [5.74, 6) is 0. The van der Waals surface area contributed by atoms with Crippen molar-refractivity contribution in [3.63, 3.8) is 0 Å². The molecule has 0 aliphatic carbocycles. The molecular formula is C13H17Br. The van der Waals surface area contributed by atoms with E-state index in [1.165, 1.54) is 16.7 Å². The first-order valence-corrected chi connectivity index (χ1v) is 6.14. The predicted molar refractivity (Wildman–Crippen MR) is 67.2 cm³/mol. The standard InChI is InChI=1S/C13H17Br/c1-11-7-6-8-12(2)13(11)9-4-3-5-10-14/h3-4,6-8H,5,9-10H2,1-2H3/b4-3+. The Bertz CT molecular complexity index is 293. The molecule has 76 valence electrons. The van der Waals surface area contributed by atoms with E-state index in [1.807, 2.05) is 0 Å². The van der Waals surface area contributed by atoms with Gasteiger partial charge in [-0.2, -0.15) is 0 Å². The van der Waals surface area contributed by atoms with Crippen molar-refractivity contribution in [1.82, 2.24) is 0 Å². The lowest BCUT2D eigenvalue weighted by molar-refractivity contribution is 1.14. The van der Waals surface area contributed by atoms with Gasteiger partial charge in [0.2, 0.25) is 0 Å². The van der Waals surface area contributed by atoms with Crippen molar-refractivity contribution < 1.29 is 0 Å². The summed E-state index contributed by atoms with van der Waals surface area (Å²) in [7, 11) is 0. The highest BCUT2D eigenvalue weighted by molar-refractivity contribution is 9.09. The molecule has 0 unspecified atom stereocenters. The summed E-state index contributed by atoms with van der Waals surface area (Å²) < 4.78 is 0. The average molecular weight is 253 g/mol. The lowest BCUT2D eigenvalue weighted by atomic mass is 10.00. The number of halogens is 1. The van der Waals surface area contributed by atoms with Gasteiger partial charge >= 0.3 is 0 Å². The number of alkyl halides is 1. The van der Waals surface area contributed by atoms with Crippen molar-refractivity contribution in [1.29, 1.82) is 0 Å². The van der Waals surface area contributed by atoms with Gasteiger partial charge in [0, 0.05) is 5.33 Å². The Kier molecular flexibility index (Phi) is 4.95. The second-order valence-corrected chi connectivity index (χ2v) is 4.32. The topological polar surface area (TPSA) is 0 Å². The van der Waals surface area contributed by atoms with Gasteiger partial charge in [-0.05, 0) is 43.4 Å². The second kappa shape index (κ2) is 6.02. The summed E-state index contributed by atoms with van der Waals surface area (Å²) in [5, 5.41) is 1.05. The van der Waals surface area contributed by atoms with Crippen molar-refractivity contribution in [3.05, 3.63) is 47.0 Å². The molecule has 0 bridgehead atoms. The van der Waals surface area contributed by atoms with Gasteiger partial charge in [0.05, 0.1) is 0 Å². The van der Waals surface area contributed by atoms with E-state index in [-0.39, 0.29) is 0 Å². The van der Waals surface area contributed by atoms with Gasteiger partial charge in [-0.1, -0.05) is 46.3 Å². The molecule has 0 aliphatic rings. The first kappa shape index (κ1) is 11.5. The van der Waals surface area contributed by atoms with Crippen LogP contribution in [0.25, 0.3) is 0 Å². The summed E-state index contributed by atoms with van der Waals surface area (Å²) >= 11 is 3.41. The molecule has 1 aromatic carbocycles. The zero-order valence-corrected chi connectivity index (χ0v) is 10.5. The molecule has 0 aliphatic heterocycles.